The number of thiophene rings is 1. The highest BCUT2D eigenvalue weighted by atomic mass is 32.1. The number of urea groups is 1. The SMILES string of the molecule is O=C(Nc1ccccc1)N(Cc1cccs1)C1CC1. The van der Waals surface area contributed by atoms with Crippen LogP contribution in [0.5, 0.6) is 0 Å². The molecular weight excluding hydrogens is 256 g/mol. The van der Waals surface area contributed by atoms with Crippen LogP contribution in [-0.4, -0.2) is 17.0 Å². The highest BCUT2D eigenvalue weighted by Gasteiger charge is 2.32. The van der Waals surface area contributed by atoms with Crippen molar-refractivity contribution >= 4 is 23.1 Å². The van der Waals surface area contributed by atoms with Crippen LogP contribution in [0.4, 0.5) is 10.5 Å². The van der Waals surface area contributed by atoms with Gasteiger partial charge in [-0.1, -0.05) is 24.3 Å². The molecule has 1 heterocycles. The number of nitrogens with zero attached hydrogens (tertiary/aromatic N) is 1. The predicted molar refractivity (Wildman–Crippen MR) is 78.3 cm³/mol. The summed E-state index contributed by atoms with van der Waals surface area (Å²) in [5.41, 5.74) is 0.851. The van der Waals surface area contributed by atoms with E-state index in [-0.39, 0.29) is 6.03 Å². The first-order valence-corrected chi connectivity index (χ1v) is 7.36. The molecule has 1 aliphatic rings. The lowest BCUT2D eigenvalue weighted by molar-refractivity contribution is 0.206. The smallest absolute Gasteiger partial charge is 0.316 e. The number of carbonyl (C=O) groups excluding carboxylic acids is 1. The summed E-state index contributed by atoms with van der Waals surface area (Å²) in [6.07, 6.45) is 2.24. The number of rotatable bonds is 4. The van der Waals surface area contributed by atoms with Gasteiger partial charge in [0.1, 0.15) is 0 Å². The first-order chi connectivity index (χ1) is 9.33. The first-order valence-electron chi connectivity index (χ1n) is 6.48. The van der Waals surface area contributed by atoms with Crippen LogP contribution < -0.4 is 5.32 Å². The number of hydrogen-bond acceptors (Lipinski definition) is 2. The van der Waals surface area contributed by atoms with E-state index in [0.29, 0.717) is 12.6 Å². The molecule has 1 aromatic carbocycles. The topological polar surface area (TPSA) is 32.3 Å². The third-order valence-electron chi connectivity index (χ3n) is 3.18. The average Bonchev–Trinajstić information content (AvgIpc) is 3.14. The zero-order valence-corrected chi connectivity index (χ0v) is 11.4. The van der Waals surface area contributed by atoms with E-state index >= 15 is 0 Å². The quantitative estimate of drug-likeness (QED) is 0.898. The van der Waals surface area contributed by atoms with Gasteiger partial charge in [-0.05, 0) is 36.4 Å². The molecule has 0 atom stereocenters. The number of benzene rings is 1. The average molecular weight is 272 g/mol. The van der Waals surface area contributed by atoms with Crippen molar-refractivity contribution in [3.05, 3.63) is 52.7 Å². The fraction of sp³-hybridized carbons (Fsp3) is 0.267. The Morgan fingerprint density at radius 1 is 1.21 bits per heavy atom. The zero-order valence-electron chi connectivity index (χ0n) is 10.6. The highest BCUT2D eigenvalue weighted by molar-refractivity contribution is 7.09. The Hall–Kier alpha value is -1.81. The zero-order chi connectivity index (χ0) is 13.1. The number of nitrogens with one attached hydrogen (secondary N) is 1. The van der Waals surface area contributed by atoms with Crippen molar-refractivity contribution in [3.63, 3.8) is 0 Å². The Balaban J connectivity index is 1.68. The van der Waals surface area contributed by atoms with Crippen LogP contribution in [0, 0.1) is 0 Å². The summed E-state index contributed by atoms with van der Waals surface area (Å²) in [5.74, 6) is 0. The maximum absolute atomic E-state index is 12.3. The van der Waals surface area contributed by atoms with Gasteiger partial charge in [-0.15, -0.1) is 11.3 Å². The van der Waals surface area contributed by atoms with E-state index in [2.05, 4.69) is 16.8 Å². The third-order valence-corrected chi connectivity index (χ3v) is 4.04. The summed E-state index contributed by atoms with van der Waals surface area (Å²) < 4.78 is 0. The molecule has 1 N–H and O–H groups in total. The molecule has 0 unspecified atom stereocenters. The minimum absolute atomic E-state index is 0.00194. The molecule has 0 radical (unpaired) electrons. The maximum atomic E-state index is 12.3. The van der Waals surface area contributed by atoms with Crippen LogP contribution in [0.15, 0.2) is 47.8 Å². The van der Waals surface area contributed by atoms with E-state index in [1.54, 1.807) is 11.3 Å². The minimum Gasteiger partial charge on any atom is -0.316 e. The lowest BCUT2D eigenvalue weighted by Gasteiger charge is -2.22. The van der Waals surface area contributed by atoms with Gasteiger partial charge >= 0.3 is 6.03 Å². The summed E-state index contributed by atoms with van der Waals surface area (Å²) in [5, 5.41) is 5.02. The molecule has 3 nitrogen and oxygen atoms in total. The predicted octanol–water partition coefficient (Wildman–Crippen LogP) is 3.94. The van der Waals surface area contributed by atoms with Gasteiger partial charge in [-0.3, -0.25) is 0 Å². The fourth-order valence-electron chi connectivity index (χ4n) is 2.04. The number of hydrogen-bond donors (Lipinski definition) is 1. The molecular formula is C15H16N2OS. The number of amides is 2. The number of para-hydroxylation sites is 1. The molecule has 0 bridgehead atoms. The first kappa shape index (κ1) is 12.2. The van der Waals surface area contributed by atoms with Crippen molar-refractivity contribution in [1.82, 2.24) is 4.90 Å². The molecule has 1 aliphatic carbocycles. The molecule has 1 fully saturated rings. The molecule has 2 aromatic rings. The largest absolute Gasteiger partial charge is 0.322 e. The van der Waals surface area contributed by atoms with E-state index in [1.165, 1.54) is 4.88 Å². The molecule has 4 heteroatoms. The van der Waals surface area contributed by atoms with E-state index in [1.807, 2.05) is 41.3 Å². The Labute approximate surface area is 116 Å². The molecule has 3 rings (SSSR count). The Bertz CT molecular complexity index is 535. The highest BCUT2D eigenvalue weighted by Crippen LogP contribution is 2.29. The van der Waals surface area contributed by atoms with Crippen molar-refractivity contribution in [2.45, 2.75) is 25.4 Å². The van der Waals surface area contributed by atoms with E-state index in [0.717, 1.165) is 18.5 Å². The van der Waals surface area contributed by atoms with Crippen LogP contribution in [0.3, 0.4) is 0 Å². The van der Waals surface area contributed by atoms with Crippen LogP contribution in [-0.2, 0) is 6.54 Å². The second-order valence-corrected chi connectivity index (χ2v) is 5.77. The lowest BCUT2D eigenvalue weighted by atomic mass is 10.3. The van der Waals surface area contributed by atoms with Crippen LogP contribution in [0.25, 0.3) is 0 Å². The second-order valence-electron chi connectivity index (χ2n) is 4.73. The summed E-state index contributed by atoms with van der Waals surface area (Å²) in [7, 11) is 0. The van der Waals surface area contributed by atoms with Gasteiger partial charge in [0.05, 0.1) is 6.54 Å². The molecule has 1 aromatic heterocycles. The van der Waals surface area contributed by atoms with Gasteiger partial charge in [0.15, 0.2) is 0 Å². The Morgan fingerprint density at radius 3 is 2.63 bits per heavy atom. The van der Waals surface area contributed by atoms with Gasteiger partial charge in [-0.25, -0.2) is 4.79 Å². The van der Waals surface area contributed by atoms with Gasteiger partial charge in [0, 0.05) is 16.6 Å². The normalized spacial score (nSPS) is 14.1. The molecule has 0 spiro atoms. The van der Waals surface area contributed by atoms with Gasteiger partial charge in [0.25, 0.3) is 0 Å². The van der Waals surface area contributed by atoms with E-state index in [4.69, 9.17) is 0 Å². The number of anilines is 1. The number of carbonyl (C=O) groups is 1. The van der Waals surface area contributed by atoms with E-state index < -0.39 is 0 Å². The van der Waals surface area contributed by atoms with Gasteiger partial charge in [0.2, 0.25) is 0 Å². The maximum Gasteiger partial charge on any atom is 0.322 e. The lowest BCUT2D eigenvalue weighted by Crippen LogP contribution is -2.36. The van der Waals surface area contributed by atoms with Crippen molar-refractivity contribution in [1.29, 1.82) is 0 Å². The summed E-state index contributed by atoms with van der Waals surface area (Å²) >= 11 is 1.70. The Kier molecular flexibility index (Phi) is 3.51. The van der Waals surface area contributed by atoms with Crippen molar-refractivity contribution < 1.29 is 4.79 Å². The minimum atomic E-state index is 0.00194. The van der Waals surface area contributed by atoms with Crippen LogP contribution in [0.1, 0.15) is 17.7 Å². The van der Waals surface area contributed by atoms with E-state index in [9.17, 15) is 4.79 Å². The fourth-order valence-corrected chi connectivity index (χ4v) is 2.74. The molecule has 2 amide bonds. The second kappa shape index (κ2) is 5.45. The molecule has 0 saturated heterocycles. The Morgan fingerprint density at radius 2 is 2.00 bits per heavy atom. The monoisotopic (exact) mass is 272 g/mol. The van der Waals surface area contributed by atoms with Crippen molar-refractivity contribution in [2.75, 3.05) is 5.32 Å². The summed E-state index contributed by atoms with van der Waals surface area (Å²) in [6.45, 7) is 0.709. The van der Waals surface area contributed by atoms with Crippen molar-refractivity contribution in [2.24, 2.45) is 0 Å². The molecule has 19 heavy (non-hydrogen) atoms. The summed E-state index contributed by atoms with van der Waals surface area (Å²) in [6, 6.07) is 14.1. The standard InChI is InChI=1S/C15H16N2OS/c18-15(16-12-5-2-1-3-6-12)17(13-8-9-13)11-14-7-4-10-19-14/h1-7,10,13H,8-9,11H2,(H,16,18). The van der Waals surface area contributed by atoms with Gasteiger partial charge < -0.3 is 10.2 Å². The molecule has 98 valence electrons. The third kappa shape index (κ3) is 3.15. The summed E-state index contributed by atoms with van der Waals surface area (Å²) in [4.78, 5) is 15.5. The molecule has 0 aliphatic heterocycles. The molecule has 1 saturated carbocycles. The van der Waals surface area contributed by atoms with Crippen LogP contribution in [0.2, 0.25) is 0 Å². The van der Waals surface area contributed by atoms with Crippen LogP contribution >= 0.6 is 11.3 Å². The van der Waals surface area contributed by atoms with Gasteiger partial charge in [-0.2, -0.15) is 0 Å². The van der Waals surface area contributed by atoms with Crippen molar-refractivity contribution in [3.8, 4) is 0 Å².